The largest absolute Gasteiger partial charge is 0.385 e. The molecular formula is C18H22N2O2S. The normalized spacial score (nSPS) is 33.1. The van der Waals surface area contributed by atoms with Crippen molar-refractivity contribution in [2.24, 2.45) is 0 Å². The molecule has 0 radical (unpaired) electrons. The molecule has 2 bridgehead atoms. The minimum atomic E-state index is -0.855. The standard InChI is InChI=1S/C18H22N2O2S/c1-12-8-13(2)20(19-12)15-5-3-4-14(9-15)18(21)10-16-6-7-17(11-18)23(16)22/h3-5,8-9,16-17,21H,6-7,10-11H2,1-2H3. The van der Waals surface area contributed by atoms with E-state index in [1.165, 1.54) is 0 Å². The van der Waals surface area contributed by atoms with E-state index in [9.17, 15) is 9.32 Å². The highest BCUT2D eigenvalue weighted by atomic mass is 32.2. The van der Waals surface area contributed by atoms with Crippen molar-refractivity contribution in [1.29, 1.82) is 0 Å². The Morgan fingerprint density at radius 3 is 2.52 bits per heavy atom. The first-order valence-corrected chi connectivity index (χ1v) is 9.50. The van der Waals surface area contributed by atoms with Crippen molar-refractivity contribution in [3.8, 4) is 5.69 Å². The lowest BCUT2D eigenvalue weighted by Crippen LogP contribution is -2.40. The third-order valence-corrected chi connectivity index (χ3v) is 7.35. The summed E-state index contributed by atoms with van der Waals surface area (Å²) in [5, 5.41) is 16.1. The first kappa shape index (κ1) is 15.1. The molecule has 4 rings (SSSR count). The van der Waals surface area contributed by atoms with Crippen LogP contribution < -0.4 is 0 Å². The SMILES string of the molecule is Cc1cc(C)n(-c2cccc(C3(O)CC4CCC(C3)S4=O)c2)n1. The summed E-state index contributed by atoms with van der Waals surface area (Å²) in [6.07, 6.45) is 3.18. The van der Waals surface area contributed by atoms with Crippen LogP contribution in [0.4, 0.5) is 0 Å². The van der Waals surface area contributed by atoms with Gasteiger partial charge in [-0.15, -0.1) is 0 Å². The third-order valence-electron chi connectivity index (χ3n) is 5.24. The minimum Gasteiger partial charge on any atom is -0.385 e. The van der Waals surface area contributed by atoms with Crippen LogP contribution >= 0.6 is 0 Å². The molecule has 2 saturated heterocycles. The molecule has 2 atom stereocenters. The average molecular weight is 330 g/mol. The number of nitrogens with zero attached hydrogens (tertiary/aromatic N) is 2. The van der Waals surface area contributed by atoms with Gasteiger partial charge in [-0.25, -0.2) is 4.68 Å². The van der Waals surface area contributed by atoms with Crippen LogP contribution in [0.3, 0.4) is 0 Å². The maximum Gasteiger partial charge on any atom is 0.0920 e. The second-order valence-corrected chi connectivity index (χ2v) is 8.97. The predicted molar refractivity (Wildman–Crippen MR) is 91.1 cm³/mol. The Labute approximate surface area is 139 Å². The summed E-state index contributed by atoms with van der Waals surface area (Å²) < 4.78 is 14.1. The number of benzene rings is 1. The Kier molecular flexibility index (Phi) is 3.46. The zero-order chi connectivity index (χ0) is 16.2. The fraction of sp³-hybridized carbons (Fsp3) is 0.500. The van der Waals surface area contributed by atoms with Gasteiger partial charge in [0, 0.05) is 27.0 Å². The molecule has 0 spiro atoms. The van der Waals surface area contributed by atoms with Gasteiger partial charge in [0.2, 0.25) is 0 Å². The fourth-order valence-corrected chi connectivity index (χ4v) is 6.30. The molecule has 0 aliphatic carbocycles. The Bertz CT molecular complexity index is 767. The molecular weight excluding hydrogens is 308 g/mol. The first-order valence-electron chi connectivity index (χ1n) is 8.22. The van der Waals surface area contributed by atoms with Crippen LogP contribution in [0.1, 0.15) is 42.6 Å². The molecule has 2 unspecified atom stereocenters. The Hall–Kier alpha value is -1.46. The average Bonchev–Trinajstić information content (AvgIpc) is 2.95. The fourth-order valence-electron chi connectivity index (χ4n) is 4.13. The molecule has 0 saturated carbocycles. The molecule has 23 heavy (non-hydrogen) atoms. The predicted octanol–water partition coefficient (Wildman–Crippen LogP) is 2.75. The lowest BCUT2D eigenvalue weighted by molar-refractivity contribution is 0.0184. The van der Waals surface area contributed by atoms with E-state index in [2.05, 4.69) is 5.10 Å². The molecule has 1 aromatic carbocycles. The van der Waals surface area contributed by atoms with Gasteiger partial charge in [-0.2, -0.15) is 5.10 Å². The van der Waals surface area contributed by atoms with E-state index >= 15 is 0 Å². The molecule has 3 heterocycles. The van der Waals surface area contributed by atoms with E-state index in [-0.39, 0.29) is 10.5 Å². The molecule has 5 heteroatoms. The Balaban J connectivity index is 1.72. The van der Waals surface area contributed by atoms with Crippen molar-refractivity contribution in [3.63, 3.8) is 0 Å². The van der Waals surface area contributed by atoms with Crippen molar-refractivity contribution in [2.75, 3.05) is 0 Å². The second kappa shape index (κ2) is 5.28. The minimum absolute atomic E-state index is 0.149. The molecule has 2 aliphatic rings. The molecule has 2 aliphatic heterocycles. The van der Waals surface area contributed by atoms with Gasteiger partial charge < -0.3 is 5.11 Å². The van der Waals surface area contributed by atoms with E-state index in [0.29, 0.717) is 12.8 Å². The summed E-state index contributed by atoms with van der Waals surface area (Å²) in [6.45, 7) is 4.01. The Morgan fingerprint density at radius 1 is 1.22 bits per heavy atom. The summed E-state index contributed by atoms with van der Waals surface area (Å²) in [7, 11) is -0.758. The van der Waals surface area contributed by atoms with E-state index in [0.717, 1.165) is 35.5 Å². The van der Waals surface area contributed by atoms with Crippen molar-refractivity contribution < 1.29 is 9.32 Å². The number of rotatable bonds is 2. The quantitative estimate of drug-likeness (QED) is 0.921. The van der Waals surface area contributed by atoms with Crippen molar-refractivity contribution >= 4 is 10.8 Å². The number of aliphatic hydroxyl groups is 1. The molecule has 1 N–H and O–H groups in total. The highest BCUT2D eigenvalue weighted by molar-refractivity contribution is 7.86. The number of hydrogen-bond acceptors (Lipinski definition) is 3. The van der Waals surface area contributed by atoms with E-state index in [1.807, 2.05) is 48.9 Å². The van der Waals surface area contributed by atoms with Gasteiger partial charge in [0.15, 0.2) is 0 Å². The Morgan fingerprint density at radius 2 is 1.91 bits per heavy atom. The number of hydrogen-bond donors (Lipinski definition) is 1. The summed E-state index contributed by atoms with van der Waals surface area (Å²) in [4.78, 5) is 0. The van der Waals surface area contributed by atoms with Crippen molar-refractivity contribution in [3.05, 3.63) is 47.3 Å². The topological polar surface area (TPSA) is 55.1 Å². The molecule has 4 nitrogen and oxygen atoms in total. The van der Waals surface area contributed by atoms with Gasteiger partial charge in [-0.3, -0.25) is 4.21 Å². The van der Waals surface area contributed by atoms with E-state index in [4.69, 9.17) is 0 Å². The van der Waals surface area contributed by atoms with Crippen LogP contribution in [0.25, 0.3) is 5.69 Å². The highest BCUT2D eigenvalue weighted by Gasteiger charge is 2.48. The van der Waals surface area contributed by atoms with Gasteiger partial charge in [0.05, 0.1) is 17.0 Å². The summed E-state index contributed by atoms with van der Waals surface area (Å²) in [5.41, 5.74) is 3.11. The van der Waals surface area contributed by atoms with Crippen LogP contribution in [0.15, 0.2) is 30.3 Å². The van der Waals surface area contributed by atoms with Crippen molar-refractivity contribution in [2.45, 2.75) is 55.6 Å². The third kappa shape index (κ3) is 2.46. The molecule has 0 amide bonds. The highest BCUT2D eigenvalue weighted by Crippen LogP contribution is 2.46. The van der Waals surface area contributed by atoms with Gasteiger partial charge in [0.25, 0.3) is 0 Å². The molecule has 2 aromatic rings. The first-order chi connectivity index (χ1) is 11.0. The zero-order valence-electron chi connectivity index (χ0n) is 13.5. The smallest absolute Gasteiger partial charge is 0.0920 e. The zero-order valence-corrected chi connectivity index (χ0v) is 14.3. The van der Waals surface area contributed by atoms with Gasteiger partial charge in [0.1, 0.15) is 0 Å². The number of aryl methyl sites for hydroxylation is 2. The second-order valence-electron chi connectivity index (χ2n) is 6.98. The van der Waals surface area contributed by atoms with E-state index in [1.54, 1.807) is 0 Å². The van der Waals surface area contributed by atoms with E-state index < -0.39 is 16.4 Å². The lowest BCUT2D eigenvalue weighted by atomic mass is 9.85. The van der Waals surface area contributed by atoms with Crippen LogP contribution in [0, 0.1) is 13.8 Å². The molecule has 122 valence electrons. The van der Waals surface area contributed by atoms with Crippen LogP contribution in [0.2, 0.25) is 0 Å². The van der Waals surface area contributed by atoms with Gasteiger partial charge in [-0.1, -0.05) is 12.1 Å². The van der Waals surface area contributed by atoms with Crippen molar-refractivity contribution in [1.82, 2.24) is 9.78 Å². The van der Waals surface area contributed by atoms with Gasteiger partial charge >= 0.3 is 0 Å². The van der Waals surface area contributed by atoms with Crippen LogP contribution in [0.5, 0.6) is 0 Å². The maximum absolute atomic E-state index is 12.2. The number of fused-ring (bicyclic) bond motifs is 2. The number of aromatic nitrogens is 2. The summed E-state index contributed by atoms with van der Waals surface area (Å²) >= 11 is 0. The van der Waals surface area contributed by atoms with Crippen LogP contribution in [-0.2, 0) is 16.4 Å². The van der Waals surface area contributed by atoms with Gasteiger partial charge in [-0.05, 0) is 63.3 Å². The summed E-state index contributed by atoms with van der Waals surface area (Å²) in [5.74, 6) is 0. The summed E-state index contributed by atoms with van der Waals surface area (Å²) in [6, 6.07) is 10.1. The molecule has 2 fully saturated rings. The van der Waals surface area contributed by atoms with Crippen LogP contribution in [-0.4, -0.2) is 29.6 Å². The molecule has 1 aromatic heterocycles. The monoisotopic (exact) mass is 330 g/mol. The lowest BCUT2D eigenvalue weighted by Gasteiger charge is -2.36. The maximum atomic E-state index is 12.2.